The molecule has 3 heterocycles. The van der Waals surface area contributed by atoms with Gasteiger partial charge in [0.15, 0.2) is 5.65 Å². The van der Waals surface area contributed by atoms with Crippen LogP contribution < -0.4 is 0 Å². The summed E-state index contributed by atoms with van der Waals surface area (Å²) in [6.45, 7) is 3.98. The number of aromatic nitrogens is 3. The molecule has 4 rings (SSSR count). The minimum atomic E-state index is -0.523. The van der Waals surface area contributed by atoms with Gasteiger partial charge in [-0.1, -0.05) is 18.7 Å². The number of likely N-dealkylation sites (tertiary alicyclic amines) is 1. The summed E-state index contributed by atoms with van der Waals surface area (Å²) in [4.78, 5) is 31.3. The number of rotatable bonds is 4. The van der Waals surface area contributed by atoms with Crippen LogP contribution in [-0.2, 0) is 9.59 Å². The first-order valence-corrected chi connectivity index (χ1v) is 9.68. The number of phenols is 1. The first-order chi connectivity index (χ1) is 14.4. The summed E-state index contributed by atoms with van der Waals surface area (Å²) in [6, 6.07) is 10.3. The summed E-state index contributed by atoms with van der Waals surface area (Å²) in [7, 11) is 3.37. The number of fused-ring (bicyclic) bond motifs is 1. The lowest BCUT2D eigenvalue weighted by atomic mass is 10.0. The summed E-state index contributed by atoms with van der Waals surface area (Å²) in [5.74, 6) is -0.257. The van der Waals surface area contributed by atoms with Crippen LogP contribution >= 0.6 is 0 Å². The van der Waals surface area contributed by atoms with Gasteiger partial charge >= 0.3 is 0 Å². The standard InChI is InChI=1S/C22H23N5O3/c1-4-20(29)27-12-14(11-18(27)22(30)26(2)3)16-9-13-10-17(24-25-21(13)23-16)15-7-5-6-8-19(15)28/h4-10,14,18,28H,1,11-12H2,2-3H3,(H,23,25)/t14-,18+/m1/s1. The third-order valence-electron chi connectivity index (χ3n) is 5.50. The topological polar surface area (TPSA) is 102 Å². The van der Waals surface area contributed by atoms with Crippen molar-refractivity contribution in [3.8, 4) is 17.0 Å². The van der Waals surface area contributed by atoms with Crippen molar-refractivity contribution in [2.45, 2.75) is 18.4 Å². The summed E-state index contributed by atoms with van der Waals surface area (Å²) in [6.07, 6.45) is 1.76. The maximum Gasteiger partial charge on any atom is 0.246 e. The predicted octanol–water partition coefficient (Wildman–Crippen LogP) is 2.29. The molecule has 1 aliphatic rings. The average Bonchev–Trinajstić information content (AvgIpc) is 3.36. The van der Waals surface area contributed by atoms with Crippen molar-refractivity contribution in [1.82, 2.24) is 25.0 Å². The molecule has 3 aromatic rings. The second kappa shape index (κ2) is 7.62. The minimum Gasteiger partial charge on any atom is -0.507 e. The molecular weight excluding hydrogens is 382 g/mol. The van der Waals surface area contributed by atoms with Gasteiger partial charge in [-0.3, -0.25) is 9.59 Å². The Balaban J connectivity index is 1.66. The summed E-state index contributed by atoms with van der Waals surface area (Å²) in [5, 5.41) is 19.4. The van der Waals surface area contributed by atoms with Gasteiger partial charge in [0, 0.05) is 43.2 Å². The number of carbonyl (C=O) groups excluding carboxylic acids is 2. The number of benzene rings is 1. The number of carbonyl (C=O) groups is 2. The monoisotopic (exact) mass is 405 g/mol. The van der Waals surface area contributed by atoms with Crippen LogP contribution in [0.25, 0.3) is 22.3 Å². The van der Waals surface area contributed by atoms with Gasteiger partial charge < -0.3 is 19.9 Å². The molecule has 30 heavy (non-hydrogen) atoms. The number of likely N-dealkylation sites (N-methyl/N-ethyl adjacent to an activating group) is 1. The molecule has 154 valence electrons. The van der Waals surface area contributed by atoms with Gasteiger partial charge in [-0.05, 0) is 36.8 Å². The summed E-state index contributed by atoms with van der Waals surface area (Å²) in [5.41, 5.74) is 2.69. The van der Waals surface area contributed by atoms with Crippen molar-refractivity contribution >= 4 is 22.8 Å². The summed E-state index contributed by atoms with van der Waals surface area (Å²) < 4.78 is 0. The average molecular weight is 405 g/mol. The van der Waals surface area contributed by atoms with E-state index in [-0.39, 0.29) is 23.5 Å². The molecule has 1 aromatic carbocycles. The molecule has 2 amide bonds. The maximum atomic E-state index is 12.6. The number of phenolic OH excluding ortho intramolecular Hbond substituents is 1. The molecule has 1 aliphatic heterocycles. The SMILES string of the molecule is C=CC(=O)N1C[C@H](c2cc3cc(-c4ccccc4O)nnc3[nH]2)C[C@H]1C(=O)N(C)C. The van der Waals surface area contributed by atoms with Gasteiger partial charge in [-0.2, -0.15) is 0 Å². The normalized spacial score (nSPS) is 18.5. The van der Waals surface area contributed by atoms with Crippen LogP contribution in [0.15, 0.2) is 49.1 Å². The quantitative estimate of drug-likeness (QED) is 0.649. The Morgan fingerprint density at radius 3 is 2.73 bits per heavy atom. The molecule has 0 aliphatic carbocycles. The fourth-order valence-corrected chi connectivity index (χ4v) is 3.95. The van der Waals surface area contributed by atoms with E-state index < -0.39 is 6.04 Å². The van der Waals surface area contributed by atoms with E-state index in [1.807, 2.05) is 18.2 Å². The van der Waals surface area contributed by atoms with Crippen LogP contribution in [0.4, 0.5) is 0 Å². The second-order valence-electron chi connectivity index (χ2n) is 7.65. The van der Waals surface area contributed by atoms with E-state index in [1.54, 1.807) is 37.2 Å². The van der Waals surface area contributed by atoms with Gasteiger partial charge in [0.25, 0.3) is 0 Å². The first kappa shape index (κ1) is 19.6. The van der Waals surface area contributed by atoms with Crippen LogP contribution in [0.3, 0.4) is 0 Å². The Labute approximate surface area is 173 Å². The molecule has 8 heteroatoms. The van der Waals surface area contributed by atoms with Crippen LogP contribution in [-0.4, -0.2) is 68.6 Å². The number of para-hydroxylation sites is 1. The van der Waals surface area contributed by atoms with Gasteiger partial charge in [-0.15, -0.1) is 10.2 Å². The Morgan fingerprint density at radius 2 is 2.03 bits per heavy atom. The third-order valence-corrected chi connectivity index (χ3v) is 5.50. The van der Waals surface area contributed by atoms with Crippen LogP contribution in [0.1, 0.15) is 18.0 Å². The molecule has 2 aromatic heterocycles. The lowest BCUT2D eigenvalue weighted by Crippen LogP contribution is -2.44. The Morgan fingerprint density at radius 1 is 1.27 bits per heavy atom. The van der Waals surface area contributed by atoms with E-state index >= 15 is 0 Å². The molecule has 1 fully saturated rings. The molecule has 0 spiro atoms. The number of amides is 2. The van der Waals surface area contributed by atoms with Crippen molar-refractivity contribution in [3.05, 3.63) is 54.7 Å². The zero-order valence-electron chi connectivity index (χ0n) is 16.9. The number of H-pyrrole nitrogens is 1. The van der Waals surface area contributed by atoms with Crippen molar-refractivity contribution in [2.75, 3.05) is 20.6 Å². The Kier molecular flexibility index (Phi) is 4.99. The van der Waals surface area contributed by atoms with E-state index in [0.717, 1.165) is 11.1 Å². The highest BCUT2D eigenvalue weighted by Crippen LogP contribution is 2.34. The van der Waals surface area contributed by atoms with E-state index in [1.165, 1.54) is 11.0 Å². The molecule has 8 nitrogen and oxygen atoms in total. The van der Waals surface area contributed by atoms with E-state index in [4.69, 9.17) is 0 Å². The number of aromatic amines is 1. The molecule has 2 atom stereocenters. The molecule has 2 N–H and O–H groups in total. The van der Waals surface area contributed by atoms with Gasteiger partial charge in [0.2, 0.25) is 11.8 Å². The van der Waals surface area contributed by atoms with Gasteiger partial charge in [-0.25, -0.2) is 0 Å². The van der Waals surface area contributed by atoms with Crippen LogP contribution in [0.2, 0.25) is 0 Å². The van der Waals surface area contributed by atoms with Crippen molar-refractivity contribution in [3.63, 3.8) is 0 Å². The largest absolute Gasteiger partial charge is 0.507 e. The fraction of sp³-hybridized carbons (Fsp3) is 0.273. The Bertz CT molecular complexity index is 1140. The highest BCUT2D eigenvalue weighted by molar-refractivity contribution is 5.93. The number of hydrogen-bond donors (Lipinski definition) is 2. The summed E-state index contributed by atoms with van der Waals surface area (Å²) >= 11 is 0. The number of aromatic hydroxyl groups is 1. The minimum absolute atomic E-state index is 0.0365. The number of nitrogens with one attached hydrogen (secondary N) is 1. The lowest BCUT2D eigenvalue weighted by molar-refractivity contribution is -0.139. The maximum absolute atomic E-state index is 12.6. The van der Waals surface area contributed by atoms with Crippen molar-refractivity contribution in [2.24, 2.45) is 0 Å². The fourth-order valence-electron chi connectivity index (χ4n) is 3.95. The molecule has 0 saturated carbocycles. The molecule has 0 bridgehead atoms. The van der Waals surface area contributed by atoms with Gasteiger partial charge in [0.05, 0.1) is 5.69 Å². The first-order valence-electron chi connectivity index (χ1n) is 9.68. The molecule has 0 unspecified atom stereocenters. The highest BCUT2D eigenvalue weighted by atomic mass is 16.3. The van der Waals surface area contributed by atoms with Gasteiger partial charge in [0.1, 0.15) is 11.8 Å². The number of hydrogen-bond acceptors (Lipinski definition) is 5. The molecular formula is C22H23N5O3. The predicted molar refractivity (Wildman–Crippen MR) is 113 cm³/mol. The van der Waals surface area contributed by atoms with E-state index in [2.05, 4.69) is 21.8 Å². The Hall–Kier alpha value is -3.68. The number of nitrogens with zero attached hydrogens (tertiary/aromatic N) is 4. The zero-order valence-corrected chi connectivity index (χ0v) is 16.9. The van der Waals surface area contributed by atoms with Crippen molar-refractivity contribution in [1.29, 1.82) is 0 Å². The smallest absolute Gasteiger partial charge is 0.246 e. The van der Waals surface area contributed by atoms with E-state index in [9.17, 15) is 14.7 Å². The zero-order chi connectivity index (χ0) is 21.4. The molecule has 1 saturated heterocycles. The second-order valence-corrected chi connectivity index (χ2v) is 7.65. The molecule has 0 radical (unpaired) electrons. The lowest BCUT2D eigenvalue weighted by Gasteiger charge is -2.24. The third kappa shape index (κ3) is 3.41. The highest BCUT2D eigenvalue weighted by Gasteiger charge is 2.40. The van der Waals surface area contributed by atoms with E-state index in [0.29, 0.717) is 29.9 Å². The van der Waals surface area contributed by atoms with Crippen LogP contribution in [0.5, 0.6) is 5.75 Å². The van der Waals surface area contributed by atoms with Crippen molar-refractivity contribution < 1.29 is 14.7 Å². The van der Waals surface area contributed by atoms with Crippen LogP contribution in [0, 0.1) is 0 Å².